The van der Waals surface area contributed by atoms with Crippen LogP contribution in [0.15, 0.2) is 58.8 Å². The van der Waals surface area contributed by atoms with Crippen molar-refractivity contribution in [2.24, 2.45) is 11.8 Å². The molecule has 2 aromatic carbocycles. The van der Waals surface area contributed by atoms with E-state index in [2.05, 4.69) is 24.1 Å². The van der Waals surface area contributed by atoms with Crippen LogP contribution in [0.25, 0.3) is 0 Å². The van der Waals surface area contributed by atoms with E-state index in [1.54, 1.807) is 25.4 Å². The van der Waals surface area contributed by atoms with Gasteiger partial charge in [0.05, 0.1) is 40.9 Å². The number of hydrogen-bond donors (Lipinski definition) is 2. The number of nitrogens with one attached hydrogen (secondary N) is 1. The second-order valence-corrected chi connectivity index (χ2v) is 15.7. The molecular weight excluding hydrogens is 635 g/mol. The quantitative estimate of drug-likeness (QED) is 0.246. The number of rotatable bonds is 15. The summed E-state index contributed by atoms with van der Waals surface area (Å²) in [6.07, 6.45) is 0.114. The Kier molecular flexibility index (Phi) is 11.7. The molecule has 3 heterocycles. The van der Waals surface area contributed by atoms with Crippen LogP contribution in [0.5, 0.6) is 5.75 Å². The van der Waals surface area contributed by atoms with Crippen LogP contribution in [0.3, 0.4) is 0 Å². The smallest absolute Gasteiger partial charge is 0.321 e. The van der Waals surface area contributed by atoms with Crippen molar-refractivity contribution in [3.8, 4) is 5.75 Å². The Labute approximate surface area is 284 Å². The maximum atomic E-state index is 14.1. The number of thiazole rings is 1. The molecule has 3 aromatic rings. The lowest BCUT2D eigenvalue weighted by Crippen LogP contribution is -2.57. The van der Waals surface area contributed by atoms with Crippen LogP contribution in [0.1, 0.15) is 49.5 Å². The molecule has 10 nitrogen and oxygen atoms in total. The number of hydrogen-bond acceptors (Lipinski definition) is 7. The van der Waals surface area contributed by atoms with Crippen LogP contribution in [0, 0.1) is 18.8 Å². The van der Waals surface area contributed by atoms with E-state index in [4.69, 9.17) is 4.74 Å². The van der Waals surface area contributed by atoms with Crippen molar-refractivity contribution in [1.29, 1.82) is 0 Å². The van der Waals surface area contributed by atoms with Gasteiger partial charge >= 0.3 is 6.03 Å². The lowest BCUT2D eigenvalue weighted by molar-refractivity contribution is -0.128. The van der Waals surface area contributed by atoms with Crippen molar-refractivity contribution in [2.75, 3.05) is 32.8 Å². The highest BCUT2D eigenvalue weighted by Crippen LogP contribution is 2.28. The predicted octanol–water partition coefficient (Wildman–Crippen LogP) is 4.42. The summed E-state index contributed by atoms with van der Waals surface area (Å²) in [5.74, 6) is 0.539. The lowest BCUT2D eigenvalue weighted by Gasteiger charge is -2.34. The zero-order valence-corrected chi connectivity index (χ0v) is 29.6. The molecule has 1 saturated heterocycles. The van der Waals surface area contributed by atoms with Crippen LogP contribution in [0.4, 0.5) is 4.79 Å². The van der Waals surface area contributed by atoms with Crippen molar-refractivity contribution in [3.63, 3.8) is 0 Å². The highest BCUT2D eigenvalue weighted by molar-refractivity contribution is 7.82. The number of ether oxygens (including phenoxy) is 1. The number of aliphatic hydroxyl groups is 1. The number of aryl methyl sites for hydroxylation is 1. The first-order valence-corrected chi connectivity index (χ1v) is 18.4. The molecule has 0 saturated carbocycles. The van der Waals surface area contributed by atoms with Crippen LogP contribution < -0.4 is 10.1 Å². The fraction of sp³-hybridized carbons (Fsp3) is 0.514. The van der Waals surface area contributed by atoms with Crippen molar-refractivity contribution in [3.05, 3.63) is 75.7 Å². The zero-order valence-electron chi connectivity index (χ0n) is 27.9. The summed E-state index contributed by atoms with van der Waals surface area (Å²) in [6, 6.07) is 13.7. The molecule has 0 aliphatic carbocycles. The van der Waals surface area contributed by atoms with Crippen LogP contribution in [-0.4, -0.2) is 91.3 Å². The molecule has 5 rings (SSSR count). The zero-order chi connectivity index (χ0) is 33.7. The molecule has 12 heteroatoms. The Morgan fingerprint density at radius 1 is 1.13 bits per heavy atom. The first-order chi connectivity index (χ1) is 22.5. The Morgan fingerprint density at radius 3 is 2.57 bits per heavy atom. The molecule has 0 bridgehead atoms. The fourth-order valence-electron chi connectivity index (χ4n) is 6.28. The van der Waals surface area contributed by atoms with Gasteiger partial charge in [0.1, 0.15) is 22.8 Å². The maximum absolute atomic E-state index is 14.1. The summed E-state index contributed by atoms with van der Waals surface area (Å²) in [4.78, 5) is 36.2. The first kappa shape index (κ1) is 35.0. The molecule has 2 aliphatic heterocycles. The summed E-state index contributed by atoms with van der Waals surface area (Å²) in [5.41, 5.74) is 2.83. The fourth-order valence-corrected chi connectivity index (χ4v) is 8.33. The first-order valence-electron chi connectivity index (χ1n) is 16.4. The van der Waals surface area contributed by atoms with Gasteiger partial charge in [0.2, 0.25) is 5.91 Å². The number of amides is 3. The minimum absolute atomic E-state index is 0.0893. The normalized spacial score (nSPS) is 17.3. The third-order valence-electron chi connectivity index (χ3n) is 8.53. The lowest BCUT2D eigenvalue weighted by atomic mass is 9.97. The number of carbonyl (C=O) groups excluding carboxylic acids is 2. The monoisotopic (exact) mass is 681 g/mol. The van der Waals surface area contributed by atoms with Gasteiger partial charge in [-0.25, -0.2) is 18.3 Å². The van der Waals surface area contributed by atoms with Crippen molar-refractivity contribution >= 4 is 34.3 Å². The Balaban J connectivity index is 1.34. The summed E-state index contributed by atoms with van der Waals surface area (Å²) in [5, 5.41) is 17.8. The van der Waals surface area contributed by atoms with Gasteiger partial charge in [-0.3, -0.25) is 4.79 Å². The van der Waals surface area contributed by atoms with Crippen LogP contribution in [0.2, 0.25) is 0 Å². The van der Waals surface area contributed by atoms with Gasteiger partial charge in [-0.2, -0.15) is 0 Å². The Bertz CT molecular complexity index is 1550. The minimum atomic E-state index is -1.53. The average molecular weight is 682 g/mol. The Morgan fingerprint density at radius 2 is 1.89 bits per heavy atom. The molecule has 1 fully saturated rings. The summed E-state index contributed by atoms with van der Waals surface area (Å²) < 4.78 is 21.4. The van der Waals surface area contributed by atoms with Gasteiger partial charge in [-0.15, -0.1) is 11.3 Å². The van der Waals surface area contributed by atoms with Gasteiger partial charge in [-0.1, -0.05) is 58.0 Å². The van der Waals surface area contributed by atoms with E-state index in [1.807, 2.05) is 74.7 Å². The molecule has 3 amide bonds. The molecular formula is C35H47N5O5S2. The SMILES string of the molecule is Cc1nc(CN2CCN([C@H](C(=O)N[C@@H](Cc3ccccc3)[C@@H](O)CN(CC(C)C)S(=O)c3ccc4c(c3)CCO4)C(C)C)C2=O)cs1. The van der Waals surface area contributed by atoms with Gasteiger partial charge in [0, 0.05) is 38.0 Å². The second kappa shape index (κ2) is 15.7. The number of urea groups is 1. The number of carbonyl (C=O) groups is 2. The number of aliphatic hydroxyl groups excluding tert-OH is 1. The maximum Gasteiger partial charge on any atom is 0.321 e. The molecule has 1 aromatic heterocycles. The van der Waals surface area contributed by atoms with Crippen molar-refractivity contribution in [2.45, 2.75) is 77.1 Å². The summed E-state index contributed by atoms with van der Waals surface area (Å²) >= 11 is 1.55. The van der Waals surface area contributed by atoms with Crippen LogP contribution in [-0.2, 0) is 35.2 Å². The van der Waals surface area contributed by atoms with Gasteiger partial charge in [0.25, 0.3) is 0 Å². The highest BCUT2D eigenvalue weighted by Gasteiger charge is 2.40. The van der Waals surface area contributed by atoms with E-state index in [0.29, 0.717) is 44.1 Å². The van der Waals surface area contributed by atoms with E-state index < -0.39 is 29.2 Å². The van der Waals surface area contributed by atoms with Gasteiger partial charge in [-0.05, 0) is 54.5 Å². The summed E-state index contributed by atoms with van der Waals surface area (Å²) in [7, 11) is -1.53. The van der Waals surface area contributed by atoms with E-state index in [9.17, 15) is 18.9 Å². The van der Waals surface area contributed by atoms with Crippen molar-refractivity contribution in [1.82, 2.24) is 24.4 Å². The molecule has 2 N–H and O–H groups in total. The molecule has 254 valence electrons. The third-order valence-corrected chi connectivity index (χ3v) is 10.8. The molecule has 0 spiro atoms. The van der Waals surface area contributed by atoms with Crippen LogP contribution >= 0.6 is 11.3 Å². The van der Waals surface area contributed by atoms with E-state index >= 15 is 0 Å². The topological polar surface area (TPSA) is 115 Å². The molecule has 4 atom stereocenters. The Hall–Kier alpha value is -3.32. The summed E-state index contributed by atoms with van der Waals surface area (Å²) in [6.45, 7) is 12.4. The molecule has 1 unspecified atom stereocenters. The largest absolute Gasteiger partial charge is 0.493 e. The number of nitrogens with zero attached hydrogens (tertiary/aromatic N) is 4. The predicted molar refractivity (Wildman–Crippen MR) is 185 cm³/mol. The highest BCUT2D eigenvalue weighted by atomic mass is 32.2. The average Bonchev–Trinajstić information content (AvgIpc) is 3.77. The standard InChI is InChI=1S/C35H47N5O5S2/c1-23(2)19-39(47(44)29-11-12-32-27(18-29)13-16-45-32)21-31(41)30(17-26-9-7-6-8-10-26)37-34(42)33(24(3)4)40-15-14-38(35(40)43)20-28-22-46-25(5)36-28/h6-12,18,22-24,30-31,33,41H,13-17,19-21H2,1-5H3,(H,37,42)/t30-,31-,33-,47?/m0/s1. The number of fused-ring (bicyclic) bond motifs is 1. The van der Waals surface area contributed by atoms with Crippen molar-refractivity contribution < 1.29 is 23.6 Å². The van der Waals surface area contributed by atoms with E-state index in [0.717, 1.165) is 34.0 Å². The molecule has 2 aliphatic rings. The second-order valence-electron chi connectivity index (χ2n) is 13.2. The molecule has 0 radical (unpaired) electrons. The number of benzene rings is 2. The minimum Gasteiger partial charge on any atom is -0.493 e. The third kappa shape index (κ3) is 8.78. The van der Waals surface area contributed by atoms with E-state index in [1.165, 1.54) is 0 Å². The number of aromatic nitrogens is 1. The van der Waals surface area contributed by atoms with E-state index in [-0.39, 0.29) is 30.3 Å². The van der Waals surface area contributed by atoms with Gasteiger partial charge < -0.3 is 25.0 Å². The van der Waals surface area contributed by atoms with Gasteiger partial charge in [0.15, 0.2) is 0 Å². The molecule has 47 heavy (non-hydrogen) atoms.